The normalized spacial score (nSPS) is 11.9. The van der Waals surface area contributed by atoms with E-state index < -0.39 is 11.2 Å². The molecule has 31 heavy (non-hydrogen) atoms. The molecule has 4 rings (SSSR count). The van der Waals surface area contributed by atoms with E-state index in [1.165, 1.54) is 4.57 Å². The molecule has 0 aliphatic carbocycles. The molecule has 1 aromatic heterocycles. The highest BCUT2D eigenvalue weighted by molar-refractivity contribution is 6.30. The molecular formula is C24H20ClN3O3. The number of halogens is 1. The third-order valence-corrected chi connectivity index (χ3v) is 5.33. The van der Waals surface area contributed by atoms with Crippen LogP contribution in [0, 0.1) is 0 Å². The first-order valence-electron chi connectivity index (χ1n) is 9.80. The summed E-state index contributed by atoms with van der Waals surface area (Å²) in [5, 5.41) is 3.65. The third-order valence-electron chi connectivity index (χ3n) is 5.10. The number of aromatic nitrogens is 2. The third kappa shape index (κ3) is 4.15. The van der Waals surface area contributed by atoms with E-state index in [1.54, 1.807) is 48.5 Å². The number of carbonyl (C=O) groups is 1. The Balaban J connectivity index is 1.78. The summed E-state index contributed by atoms with van der Waals surface area (Å²) >= 11 is 6.07. The van der Waals surface area contributed by atoms with Gasteiger partial charge in [-0.3, -0.25) is 14.2 Å². The van der Waals surface area contributed by atoms with Crippen molar-refractivity contribution in [2.24, 2.45) is 0 Å². The summed E-state index contributed by atoms with van der Waals surface area (Å²) in [5.74, 6) is -0.333. The zero-order valence-electron chi connectivity index (χ0n) is 16.8. The summed E-state index contributed by atoms with van der Waals surface area (Å²) in [5.41, 5.74) is 0.640. The van der Waals surface area contributed by atoms with Gasteiger partial charge in [0, 0.05) is 5.02 Å². The van der Waals surface area contributed by atoms with E-state index >= 15 is 0 Å². The Kier molecular flexibility index (Phi) is 5.73. The molecule has 0 saturated carbocycles. The molecule has 6 nitrogen and oxygen atoms in total. The minimum absolute atomic E-state index is 0.225. The molecule has 0 radical (unpaired) electrons. The molecule has 3 aromatic carbocycles. The number of hydrogen-bond acceptors (Lipinski definition) is 3. The molecule has 1 heterocycles. The number of nitrogens with zero attached hydrogens (tertiary/aromatic N) is 2. The number of nitrogens with one attached hydrogen (secondary N) is 1. The molecular weight excluding hydrogens is 414 g/mol. The van der Waals surface area contributed by atoms with Gasteiger partial charge in [-0.2, -0.15) is 0 Å². The summed E-state index contributed by atoms with van der Waals surface area (Å²) in [7, 11) is 0. The lowest BCUT2D eigenvalue weighted by molar-refractivity contribution is -0.122. The van der Waals surface area contributed by atoms with Gasteiger partial charge in [-0.15, -0.1) is 0 Å². The lowest BCUT2D eigenvalue weighted by atomic mass is 10.1. The Bertz CT molecular complexity index is 1380. The van der Waals surface area contributed by atoms with Gasteiger partial charge in [0.2, 0.25) is 5.91 Å². The number of rotatable bonds is 5. The van der Waals surface area contributed by atoms with Gasteiger partial charge >= 0.3 is 5.69 Å². The predicted octanol–water partition coefficient (Wildman–Crippen LogP) is 3.68. The maximum atomic E-state index is 13.3. The molecule has 0 bridgehead atoms. The lowest BCUT2D eigenvalue weighted by Crippen LogP contribution is -2.42. The van der Waals surface area contributed by atoms with Gasteiger partial charge in [0.15, 0.2) is 0 Å². The zero-order valence-corrected chi connectivity index (χ0v) is 17.5. The first kappa shape index (κ1) is 20.6. The van der Waals surface area contributed by atoms with Crippen molar-refractivity contribution >= 4 is 28.4 Å². The number of para-hydroxylation sites is 1. The highest BCUT2D eigenvalue weighted by Gasteiger charge is 2.17. The van der Waals surface area contributed by atoms with Crippen molar-refractivity contribution < 1.29 is 4.79 Å². The quantitative estimate of drug-likeness (QED) is 0.521. The van der Waals surface area contributed by atoms with Crippen LogP contribution in [0.1, 0.15) is 18.5 Å². The van der Waals surface area contributed by atoms with E-state index in [1.807, 2.05) is 37.3 Å². The van der Waals surface area contributed by atoms with Crippen LogP contribution in [0.3, 0.4) is 0 Å². The fourth-order valence-electron chi connectivity index (χ4n) is 3.57. The molecule has 0 fully saturated rings. The van der Waals surface area contributed by atoms with Crippen molar-refractivity contribution in [1.82, 2.24) is 14.5 Å². The minimum atomic E-state index is -0.603. The Labute approximate surface area is 183 Å². The van der Waals surface area contributed by atoms with E-state index in [4.69, 9.17) is 11.6 Å². The average molecular weight is 434 g/mol. The highest BCUT2D eigenvalue weighted by atomic mass is 35.5. The SMILES string of the molecule is CC(NC(=O)Cn1c(=O)n(-c2cccc(Cl)c2)c(=O)c2ccccc21)c1ccccc1. The fourth-order valence-corrected chi connectivity index (χ4v) is 3.76. The van der Waals surface area contributed by atoms with Crippen LogP contribution < -0.4 is 16.6 Å². The van der Waals surface area contributed by atoms with Gasteiger partial charge in [0.05, 0.1) is 22.6 Å². The Hall–Kier alpha value is -3.64. The van der Waals surface area contributed by atoms with Gasteiger partial charge in [-0.05, 0) is 42.8 Å². The van der Waals surface area contributed by atoms with Crippen LogP contribution in [0.15, 0.2) is 88.5 Å². The number of carbonyl (C=O) groups excluding carboxylic acids is 1. The second kappa shape index (κ2) is 8.62. The maximum Gasteiger partial charge on any atom is 0.336 e. The van der Waals surface area contributed by atoms with E-state index in [0.717, 1.165) is 10.1 Å². The van der Waals surface area contributed by atoms with Gasteiger partial charge in [0.25, 0.3) is 5.56 Å². The summed E-state index contributed by atoms with van der Waals surface area (Å²) in [4.78, 5) is 39.2. The minimum Gasteiger partial charge on any atom is -0.348 e. The van der Waals surface area contributed by atoms with Crippen LogP contribution in [0.5, 0.6) is 0 Å². The Morgan fingerprint density at radius 3 is 2.42 bits per heavy atom. The molecule has 4 aromatic rings. The molecule has 0 aliphatic rings. The van der Waals surface area contributed by atoms with Gasteiger partial charge in [-0.1, -0.05) is 60.1 Å². The molecule has 1 amide bonds. The number of fused-ring (bicyclic) bond motifs is 1. The van der Waals surface area contributed by atoms with Crippen molar-refractivity contribution in [2.45, 2.75) is 19.5 Å². The molecule has 1 N–H and O–H groups in total. The highest BCUT2D eigenvalue weighted by Crippen LogP contribution is 2.15. The van der Waals surface area contributed by atoms with E-state index in [2.05, 4.69) is 5.32 Å². The van der Waals surface area contributed by atoms with Crippen LogP contribution in [-0.4, -0.2) is 15.0 Å². The fraction of sp³-hybridized carbons (Fsp3) is 0.125. The molecule has 156 valence electrons. The Morgan fingerprint density at radius 1 is 0.968 bits per heavy atom. The van der Waals surface area contributed by atoms with Crippen molar-refractivity contribution in [3.05, 3.63) is 110 Å². The zero-order chi connectivity index (χ0) is 22.0. The smallest absolute Gasteiger partial charge is 0.336 e. The largest absolute Gasteiger partial charge is 0.348 e. The van der Waals surface area contributed by atoms with Crippen LogP contribution in [0.4, 0.5) is 0 Å². The summed E-state index contributed by atoms with van der Waals surface area (Å²) in [6.45, 7) is 1.65. The number of hydrogen-bond donors (Lipinski definition) is 1. The first-order chi connectivity index (χ1) is 15.0. The van der Waals surface area contributed by atoms with Crippen molar-refractivity contribution in [3.63, 3.8) is 0 Å². The average Bonchev–Trinajstić information content (AvgIpc) is 2.77. The van der Waals surface area contributed by atoms with Gasteiger partial charge < -0.3 is 5.32 Å². The maximum absolute atomic E-state index is 13.3. The van der Waals surface area contributed by atoms with Gasteiger partial charge in [-0.25, -0.2) is 9.36 Å². The lowest BCUT2D eigenvalue weighted by Gasteiger charge is -2.17. The monoisotopic (exact) mass is 433 g/mol. The van der Waals surface area contributed by atoms with Crippen LogP contribution >= 0.6 is 11.6 Å². The number of benzene rings is 3. The number of amides is 1. The topological polar surface area (TPSA) is 73.1 Å². The van der Waals surface area contributed by atoms with Crippen molar-refractivity contribution in [2.75, 3.05) is 0 Å². The van der Waals surface area contributed by atoms with E-state index in [9.17, 15) is 14.4 Å². The summed E-state index contributed by atoms with van der Waals surface area (Å²) in [6, 6.07) is 22.6. The summed E-state index contributed by atoms with van der Waals surface area (Å²) < 4.78 is 2.35. The standard InChI is InChI=1S/C24H20ClN3O3/c1-16(17-8-3-2-4-9-17)26-22(29)15-27-21-13-6-5-12-20(21)23(30)28(24(27)31)19-11-7-10-18(25)14-19/h2-14,16H,15H2,1H3,(H,26,29). The molecule has 1 unspecified atom stereocenters. The predicted molar refractivity (Wildman–Crippen MR) is 122 cm³/mol. The molecule has 7 heteroatoms. The molecule has 0 aliphatic heterocycles. The Morgan fingerprint density at radius 2 is 1.68 bits per heavy atom. The molecule has 1 atom stereocenters. The van der Waals surface area contributed by atoms with E-state index in [-0.39, 0.29) is 18.5 Å². The van der Waals surface area contributed by atoms with Crippen LogP contribution in [-0.2, 0) is 11.3 Å². The van der Waals surface area contributed by atoms with Crippen molar-refractivity contribution in [3.8, 4) is 5.69 Å². The summed E-state index contributed by atoms with van der Waals surface area (Å²) in [6.07, 6.45) is 0. The molecule has 0 spiro atoms. The first-order valence-corrected chi connectivity index (χ1v) is 10.2. The van der Waals surface area contributed by atoms with E-state index in [0.29, 0.717) is 21.6 Å². The van der Waals surface area contributed by atoms with Crippen LogP contribution in [0.25, 0.3) is 16.6 Å². The molecule has 0 saturated heterocycles. The second-order valence-electron chi connectivity index (χ2n) is 7.21. The van der Waals surface area contributed by atoms with Crippen molar-refractivity contribution in [1.29, 1.82) is 0 Å². The second-order valence-corrected chi connectivity index (χ2v) is 7.64. The van der Waals surface area contributed by atoms with Crippen LogP contribution in [0.2, 0.25) is 5.02 Å². The van der Waals surface area contributed by atoms with Gasteiger partial charge in [0.1, 0.15) is 6.54 Å².